The Hall–Kier alpha value is -3.57. The van der Waals surface area contributed by atoms with E-state index in [0.717, 1.165) is 77.8 Å². The van der Waals surface area contributed by atoms with Crippen molar-refractivity contribution in [2.24, 2.45) is 5.92 Å². The first-order valence-corrected chi connectivity index (χ1v) is 21.3. The van der Waals surface area contributed by atoms with Gasteiger partial charge in [0.2, 0.25) is 15.9 Å². The number of carbonyl (C=O) groups excluding carboxylic acids is 2. The minimum absolute atomic E-state index is 0.173. The second kappa shape index (κ2) is 13.3. The molecule has 2 amide bonds. The molecule has 3 aliphatic heterocycles. The molecule has 3 fully saturated rings. The normalized spacial score (nSPS) is 25.6. The Kier molecular flexibility index (Phi) is 8.84. The van der Waals surface area contributed by atoms with Crippen LogP contribution in [0.3, 0.4) is 0 Å². The van der Waals surface area contributed by atoms with E-state index in [1.54, 1.807) is 7.11 Å². The fourth-order valence-electron chi connectivity index (χ4n) is 10.3. The number of benzene rings is 2. The Bertz CT molecular complexity index is 2240. The number of allylic oxidation sites excluding steroid dienone is 4. The molecule has 0 spiro atoms. The van der Waals surface area contributed by atoms with Crippen LogP contribution in [0, 0.1) is 5.92 Å². The lowest BCUT2D eigenvalue weighted by atomic mass is 9.75. The Morgan fingerprint density at radius 2 is 1.68 bits per heavy atom. The molecular weight excluding hydrogens is 731 g/mol. The van der Waals surface area contributed by atoms with Crippen molar-refractivity contribution in [1.82, 2.24) is 19.1 Å². The zero-order valence-electron chi connectivity index (χ0n) is 30.0. The van der Waals surface area contributed by atoms with Crippen molar-refractivity contribution in [3.63, 3.8) is 0 Å². The van der Waals surface area contributed by atoms with Crippen LogP contribution in [-0.4, -0.2) is 73.9 Å². The summed E-state index contributed by atoms with van der Waals surface area (Å²) in [7, 11) is -0.262. The van der Waals surface area contributed by atoms with Gasteiger partial charge >= 0.3 is 0 Å². The van der Waals surface area contributed by atoms with E-state index in [1.807, 2.05) is 0 Å². The van der Waals surface area contributed by atoms with Crippen molar-refractivity contribution in [1.29, 1.82) is 0 Å². The Morgan fingerprint density at radius 3 is 2.38 bits per heavy atom. The number of nitrogens with zero attached hydrogens (tertiary/aromatic N) is 3. The summed E-state index contributed by atoms with van der Waals surface area (Å²) >= 11 is 12.3. The molecule has 53 heavy (non-hydrogen) atoms. The van der Waals surface area contributed by atoms with E-state index in [0.29, 0.717) is 40.1 Å². The van der Waals surface area contributed by atoms with Gasteiger partial charge in [-0.15, -0.1) is 0 Å². The van der Waals surface area contributed by atoms with E-state index in [4.69, 9.17) is 27.9 Å². The number of likely N-dealkylation sites (N-methyl/N-ethyl adjacent to an activating group) is 1. The number of piperazine rings is 1. The lowest BCUT2D eigenvalue weighted by Crippen LogP contribution is -2.56. The van der Waals surface area contributed by atoms with Crippen LogP contribution >= 0.6 is 23.2 Å². The average Bonchev–Trinajstić information content (AvgIpc) is 3.65. The Balaban J connectivity index is 1.15. The second-order valence-corrected chi connectivity index (χ2v) is 18.4. The number of fused-ring (bicyclic) bond motifs is 8. The number of methoxy groups -OCH3 is 1. The highest BCUT2D eigenvalue weighted by molar-refractivity contribution is 7.89. The van der Waals surface area contributed by atoms with Crippen molar-refractivity contribution in [2.45, 2.75) is 87.6 Å². The average molecular weight is 776 g/mol. The van der Waals surface area contributed by atoms with E-state index in [-0.39, 0.29) is 29.8 Å². The molecule has 2 saturated heterocycles. The first-order valence-electron chi connectivity index (χ1n) is 18.9. The van der Waals surface area contributed by atoms with Gasteiger partial charge in [0.05, 0.1) is 29.9 Å². The molecule has 6 aliphatic rings. The highest BCUT2D eigenvalue weighted by Gasteiger charge is 2.50. The van der Waals surface area contributed by atoms with Crippen LogP contribution in [0.15, 0.2) is 70.8 Å². The first kappa shape index (κ1) is 35.2. The number of ether oxygens (including phenoxy) is 1. The molecule has 4 atom stereocenters. The molecule has 3 aliphatic carbocycles. The predicted octanol–water partition coefficient (Wildman–Crippen LogP) is 7.24. The number of halogens is 2. The lowest BCUT2D eigenvalue weighted by molar-refractivity contribution is -0.141. The SMILES string of the molecule is COc1ccc(C2CCCCC2)c2c1cc1n2CC2=C(C(=O)NS(=O)(=O)Cc3cc(Cl)cc(Cl)c3)C2=C2C=CC[C@@H](C(=O)N3C4CCC3CN(C)C4)C21. The van der Waals surface area contributed by atoms with Gasteiger partial charge in [0, 0.05) is 58.8 Å². The first-order chi connectivity index (χ1) is 25.5. The minimum Gasteiger partial charge on any atom is -0.496 e. The summed E-state index contributed by atoms with van der Waals surface area (Å²) in [6.45, 7) is 2.15. The molecule has 3 aromatic rings. The van der Waals surface area contributed by atoms with Gasteiger partial charge in [-0.1, -0.05) is 60.7 Å². The largest absolute Gasteiger partial charge is 0.496 e. The summed E-state index contributed by atoms with van der Waals surface area (Å²) in [6, 6.07) is 11.5. The number of hydrogen-bond donors (Lipinski definition) is 1. The number of amides is 2. The summed E-state index contributed by atoms with van der Waals surface area (Å²) in [5, 5.41) is 1.65. The van der Waals surface area contributed by atoms with E-state index < -0.39 is 21.7 Å². The van der Waals surface area contributed by atoms with Crippen LogP contribution in [0.2, 0.25) is 10.0 Å². The topological polar surface area (TPSA) is 101 Å². The quantitative estimate of drug-likeness (QED) is 0.272. The van der Waals surface area contributed by atoms with Crippen LogP contribution in [0.1, 0.15) is 80.0 Å². The monoisotopic (exact) mass is 774 g/mol. The van der Waals surface area contributed by atoms with E-state index in [1.165, 1.54) is 43.0 Å². The van der Waals surface area contributed by atoms with Gasteiger partial charge in [-0.2, -0.15) is 0 Å². The van der Waals surface area contributed by atoms with E-state index in [9.17, 15) is 18.0 Å². The van der Waals surface area contributed by atoms with Crippen LogP contribution in [-0.2, 0) is 31.9 Å². The fraction of sp³-hybridized carbons (Fsp3) is 0.463. The summed E-state index contributed by atoms with van der Waals surface area (Å²) in [4.78, 5) is 33.5. The Labute approximate surface area is 320 Å². The maximum atomic E-state index is 14.9. The van der Waals surface area contributed by atoms with Gasteiger partial charge in [-0.25, -0.2) is 13.1 Å². The molecule has 2 aromatic carbocycles. The highest BCUT2D eigenvalue weighted by atomic mass is 35.5. The number of carbonyl (C=O) groups is 2. The lowest BCUT2D eigenvalue weighted by Gasteiger charge is -2.43. The van der Waals surface area contributed by atoms with Gasteiger partial charge in [0.25, 0.3) is 5.91 Å². The summed E-state index contributed by atoms with van der Waals surface area (Å²) in [6.07, 6.45) is 12.6. The maximum Gasteiger partial charge on any atom is 0.265 e. The van der Waals surface area contributed by atoms with Crippen molar-refractivity contribution < 1.29 is 22.7 Å². The van der Waals surface area contributed by atoms with Gasteiger partial charge in [-0.05, 0) is 103 Å². The van der Waals surface area contributed by atoms with Crippen LogP contribution < -0.4 is 9.46 Å². The third kappa shape index (κ3) is 6.14. The zero-order chi connectivity index (χ0) is 36.8. The molecule has 1 aromatic heterocycles. The van der Waals surface area contributed by atoms with Crippen molar-refractivity contribution in [3.05, 3.63) is 97.7 Å². The Morgan fingerprint density at radius 1 is 0.962 bits per heavy atom. The van der Waals surface area contributed by atoms with Crippen molar-refractivity contribution in [3.8, 4) is 5.75 Å². The molecule has 0 radical (unpaired) electrons. The summed E-state index contributed by atoms with van der Waals surface area (Å²) in [5.74, 6) is -0.418. The summed E-state index contributed by atoms with van der Waals surface area (Å²) in [5.41, 5.74) is 6.71. The van der Waals surface area contributed by atoms with Crippen molar-refractivity contribution in [2.75, 3.05) is 27.2 Å². The number of aromatic nitrogens is 1. The van der Waals surface area contributed by atoms with Gasteiger partial charge in [0.15, 0.2) is 0 Å². The van der Waals surface area contributed by atoms with Crippen LogP contribution in [0.5, 0.6) is 5.75 Å². The highest BCUT2D eigenvalue weighted by Crippen LogP contribution is 2.55. The van der Waals surface area contributed by atoms with Gasteiger partial charge < -0.3 is 19.1 Å². The molecule has 4 heterocycles. The molecule has 1 saturated carbocycles. The van der Waals surface area contributed by atoms with E-state index in [2.05, 4.69) is 56.5 Å². The number of likely N-dealkylation sites (tertiary alicyclic amines) is 1. The summed E-state index contributed by atoms with van der Waals surface area (Å²) < 4.78 is 37.5. The molecular formula is C41H44Cl2N4O5S. The van der Waals surface area contributed by atoms with Gasteiger partial charge in [0.1, 0.15) is 5.75 Å². The molecule has 12 heteroatoms. The number of nitrogens with one attached hydrogen (secondary N) is 1. The number of sulfonamides is 1. The third-order valence-electron chi connectivity index (χ3n) is 12.5. The molecule has 9 rings (SSSR count). The zero-order valence-corrected chi connectivity index (χ0v) is 32.4. The fourth-order valence-corrected chi connectivity index (χ4v) is 11.9. The molecule has 1 N–H and O–H groups in total. The molecule has 3 unspecified atom stereocenters. The second-order valence-electron chi connectivity index (χ2n) is 15.8. The predicted molar refractivity (Wildman–Crippen MR) is 207 cm³/mol. The van der Waals surface area contributed by atoms with Crippen molar-refractivity contribution >= 4 is 55.9 Å². The van der Waals surface area contributed by atoms with Crippen LogP contribution in [0.25, 0.3) is 10.9 Å². The number of rotatable bonds is 7. The third-order valence-corrected chi connectivity index (χ3v) is 14.1. The van der Waals surface area contributed by atoms with E-state index >= 15 is 0 Å². The van der Waals surface area contributed by atoms with Gasteiger partial charge in [-0.3, -0.25) is 9.59 Å². The van der Waals surface area contributed by atoms with Crippen LogP contribution in [0.4, 0.5) is 0 Å². The molecule has 2 bridgehead atoms. The minimum atomic E-state index is -4.10. The maximum absolute atomic E-state index is 14.9. The number of hydrogen-bond acceptors (Lipinski definition) is 6. The smallest absolute Gasteiger partial charge is 0.265 e. The molecule has 278 valence electrons. The molecule has 9 nitrogen and oxygen atoms in total. The standard InChI is InChI=1S/C41H44Cl2N4O5S/c1-45-19-27-11-12-28(20-45)47(27)41(49)31-10-6-9-30-36(31)34-18-32-35(52-2)14-13-29(24-7-4-3-5-8-24)39(32)46(34)21-33-37(30)38(33)40(48)44-53(50,51)22-23-15-25(42)17-26(43)16-23/h6,9,13-18,24,27-28,31,36H,3-5,7-8,10-12,19-22H2,1-2H3,(H,44,48)/t27?,28?,31-,36?/m1/s1.